The lowest BCUT2D eigenvalue weighted by atomic mass is 9.95. The van der Waals surface area contributed by atoms with Crippen molar-refractivity contribution in [3.05, 3.63) is 28.1 Å². The first kappa shape index (κ1) is 15.5. The summed E-state index contributed by atoms with van der Waals surface area (Å²) in [5.41, 5.74) is -0.322. The first-order valence-electron chi connectivity index (χ1n) is 6.08. The second-order valence-corrected chi connectivity index (χ2v) is 4.79. The lowest BCUT2D eigenvalue weighted by Gasteiger charge is -2.30. The Hall–Kier alpha value is -1.56. The van der Waals surface area contributed by atoms with Crippen LogP contribution < -0.4 is 5.32 Å². The number of nitro groups is 1. The van der Waals surface area contributed by atoms with E-state index in [-0.39, 0.29) is 17.3 Å². The van der Waals surface area contributed by atoms with Gasteiger partial charge in [0.15, 0.2) is 0 Å². The van der Waals surface area contributed by atoms with Crippen molar-refractivity contribution in [2.45, 2.75) is 32.2 Å². The van der Waals surface area contributed by atoms with Gasteiger partial charge in [-0.05, 0) is 12.8 Å². The van der Waals surface area contributed by atoms with Crippen molar-refractivity contribution in [3.8, 4) is 0 Å². The largest absolute Gasteiger partial charge is 0.344 e. The third kappa shape index (κ3) is 3.26. The number of hydrogen-bond donors (Lipinski definition) is 1. The molecule has 1 amide bonds. The molecule has 0 aromatic carbocycles. The fourth-order valence-electron chi connectivity index (χ4n) is 1.83. The smallest absolute Gasteiger partial charge is 0.287 e. The van der Waals surface area contributed by atoms with Crippen LogP contribution in [0.4, 0.5) is 5.69 Å². The molecule has 1 aromatic rings. The summed E-state index contributed by atoms with van der Waals surface area (Å²) in [6.07, 6.45) is 2.71. The molecular formula is C12H18ClN3O3. The first-order chi connectivity index (χ1) is 8.89. The topological polar surface area (TPSA) is 77.2 Å². The average molecular weight is 288 g/mol. The standard InChI is InChI=1S/C12H18ClN3O3/c1-4-12(5-2,8-13)14-11(17)10-6-9(16(18)19)7-15(10)3/h6-7H,4-5,8H2,1-3H3,(H,14,17). The zero-order chi connectivity index (χ0) is 14.6. The van der Waals surface area contributed by atoms with E-state index in [0.717, 1.165) is 0 Å². The molecule has 0 unspecified atom stereocenters. The quantitative estimate of drug-likeness (QED) is 0.496. The molecule has 0 bridgehead atoms. The van der Waals surface area contributed by atoms with E-state index in [2.05, 4.69) is 5.32 Å². The maximum Gasteiger partial charge on any atom is 0.287 e. The number of carbonyl (C=O) groups is 1. The molecule has 0 saturated carbocycles. The van der Waals surface area contributed by atoms with Crippen LogP contribution in [0.1, 0.15) is 37.2 Å². The van der Waals surface area contributed by atoms with Crippen LogP contribution in [0.2, 0.25) is 0 Å². The fourth-order valence-corrected chi connectivity index (χ4v) is 2.27. The van der Waals surface area contributed by atoms with E-state index in [1.165, 1.54) is 16.8 Å². The van der Waals surface area contributed by atoms with Crippen LogP contribution in [-0.2, 0) is 7.05 Å². The van der Waals surface area contributed by atoms with Crippen LogP contribution in [0.25, 0.3) is 0 Å². The van der Waals surface area contributed by atoms with E-state index in [9.17, 15) is 14.9 Å². The van der Waals surface area contributed by atoms with Crippen molar-refractivity contribution in [2.24, 2.45) is 7.05 Å². The molecule has 19 heavy (non-hydrogen) atoms. The Morgan fingerprint density at radius 3 is 2.47 bits per heavy atom. The van der Waals surface area contributed by atoms with Crippen LogP contribution in [0.3, 0.4) is 0 Å². The van der Waals surface area contributed by atoms with Crippen molar-refractivity contribution < 1.29 is 9.72 Å². The minimum Gasteiger partial charge on any atom is -0.344 e. The minimum absolute atomic E-state index is 0.0999. The van der Waals surface area contributed by atoms with Gasteiger partial charge in [0.1, 0.15) is 5.69 Å². The highest BCUT2D eigenvalue weighted by atomic mass is 35.5. The second-order valence-electron chi connectivity index (χ2n) is 4.53. The molecule has 7 heteroatoms. The molecule has 0 atom stereocenters. The Kier molecular flexibility index (Phi) is 4.94. The van der Waals surface area contributed by atoms with E-state index >= 15 is 0 Å². The number of carbonyl (C=O) groups excluding carboxylic acids is 1. The van der Waals surface area contributed by atoms with E-state index in [1.807, 2.05) is 13.8 Å². The summed E-state index contributed by atoms with van der Waals surface area (Å²) in [5.74, 6) is -0.0434. The molecule has 0 spiro atoms. The van der Waals surface area contributed by atoms with E-state index < -0.39 is 10.5 Å². The molecule has 106 valence electrons. The normalized spacial score (nSPS) is 11.4. The van der Waals surface area contributed by atoms with Gasteiger partial charge in [-0.15, -0.1) is 11.6 Å². The average Bonchev–Trinajstić information content (AvgIpc) is 2.78. The summed E-state index contributed by atoms with van der Waals surface area (Å²) in [7, 11) is 1.60. The zero-order valence-electron chi connectivity index (χ0n) is 11.3. The fraction of sp³-hybridized carbons (Fsp3) is 0.583. The van der Waals surface area contributed by atoms with Gasteiger partial charge in [-0.25, -0.2) is 0 Å². The van der Waals surface area contributed by atoms with Crippen molar-refractivity contribution in [3.63, 3.8) is 0 Å². The number of aromatic nitrogens is 1. The molecular weight excluding hydrogens is 270 g/mol. The van der Waals surface area contributed by atoms with Crippen molar-refractivity contribution >= 4 is 23.2 Å². The number of amides is 1. The number of halogens is 1. The van der Waals surface area contributed by atoms with Gasteiger partial charge in [-0.3, -0.25) is 14.9 Å². The van der Waals surface area contributed by atoms with Crippen LogP contribution in [0.15, 0.2) is 12.3 Å². The van der Waals surface area contributed by atoms with Crippen LogP contribution in [0, 0.1) is 10.1 Å². The van der Waals surface area contributed by atoms with Gasteiger partial charge in [0.25, 0.3) is 11.6 Å². The van der Waals surface area contributed by atoms with Gasteiger partial charge in [0.2, 0.25) is 0 Å². The predicted molar refractivity (Wildman–Crippen MR) is 73.6 cm³/mol. The number of hydrogen-bond acceptors (Lipinski definition) is 3. The van der Waals surface area contributed by atoms with Gasteiger partial charge < -0.3 is 9.88 Å². The van der Waals surface area contributed by atoms with Crippen molar-refractivity contribution in [1.82, 2.24) is 9.88 Å². The zero-order valence-corrected chi connectivity index (χ0v) is 12.0. The Balaban J connectivity index is 2.98. The summed E-state index contributed by atoms with van der Waals surface area (Å²) in [5, 5.41) is 13.6. The number of alkyl halides is 1. The number of nitrogens with zero attached hydrogens (tertiary/aromatic N) is 2. The molecule has 0 fully saturated rings. The van der Waals surface area contributed by atoms with Gasteiger partial charge in [-0.2, -0.15) is 0 Å². The van der Waals surface area contributed by atoms with E-state index in [4.69, 9.17) is 11.6 Å². The Morgan fingerprint density at radius 1 is 1.53 bits per heavy atom. The highest BCUT2D eigenvalue weighted by Crippen LogP contribution is 2.20. The van der Waals surface area contributed by atoms with E-state index in [1.54, 1.807) is 7.05 Å². The Morgan fingerprint density at radius 2 is 2.11 bits per heavy atom. The highest BCUT2D eigenvalue weighted by Gasteiger charge is 2.29. The number of aryl methyl sites for hydroxylation is 1. The number of nitrogens with one attached hydrogen (secondary N) is 1. The molecule has 1 heterocycles. The molecule has 0 saturated heterocycles. The van der Waals surface area contributed by atoms with Crippen LogP contribution in [0.5, 0.6) is 0 Å². The van der Waals surface area contributed by atoms with Crippen LogP contribution in [-0.4, -0.2) is 26.8 Å². The lowest BCUT2D eigenvalue weighted by Crippen LogP contribution is -2.49. The third-order valence-electron chi connectivity index (χ3n) is 3.42. The van der Waals surface area contributed by atoms with E-state index in [0.29, 0.717) is 18.7 Å². The predicted octanol–water partition coefficient (Wildman–Crippen LogP) is 2.46. The summed E-state index contributed by atoms with van der Waals surface area (Å²) in [6, 6.07) is 1.26. The maximum absolute atomic E-state index is 12.2. The molecule has 0 radical (unpaired) electrons. The summed E-state index contributed by atoms with van der Waals surface area (Å²) < 4.78 is 1.44. The van der Waals surface area contributed by atoms with Gasteiger partial charge in [-0.1, -0.05) is 13.8 Å². The van der Waals surface area contributed by atoms with Gasteiger partial charge >= 0.3 is 0 Å². The lowest BCUT2D eigenvalue weighted by molar-refractivity contribution is -0.384. The molecule has 0 aliphatic carbocycles. The molecule has 0 aliphatic heterocycles. The highest BCUT2D eigenvalue weighted by molar-refractivity contribution is 6.18. The van der Waals surface area contributed by atoms with Gasteiger partial charge in [0.05, 0.1) is 16.7 Å². The SMILES string of the molecule is CCC(CC)(CCl)NC(=O)c1cc([N+](=O)[O-])cn1C. The molecule has 1 rings (SSSR count). The Labute approximate surface area is 116 Å². The second kappa shape index (κ2) is 6.06. The summed E-state index contributed by atoms with van der Waals surface area (Å²) >= 11 is 5.92. The molecule has 1 N–H and O–H groups in total. The molecule has 1 aromatic heterocycles. The molecule has 0 aliphatic rings. The summed E-state index contributed by atoms with van der Waals surface area (Å²) in [4.78, 5) is 22.3. The van der Waals surface area contributed by atoms with Crippen LogP contribution >= 0.6 is 11.6 Å². The van der Waals surface area contributed by atoms with Crippen molar-refractivity contribution in [1.29, 1.82) is 0 Å². The summed E-state index contributed by atoms with van der Waals surface area (Å²) in [6.45, 7) is 3.89. The van der Waals surface area contributed by atoms with Crippen molar-refractivity contribution in [2.75, 3.05) is 5.88 Å². The molecule has 6 nitrogen and oxygen atoms in total. The first-order valence-corrected chi connectivity index (χ1v) is 6.61. The minimum atomic E-state index is -0.523. The Bertz CT molecular complexity index is 472. The monoisotopic (exact) mass is 287 g/mol. The van der Waals surface area contributed by atoms with Gasteiger partial charge in [0, 0.05) is 19.0 Å². The number of rotatable bonds is 6. The third-order valence-corrected chi connectivity index (χ3v) is 3.93. The maximum atomic E-state index is 12.2.